The molecule has 20 heavy (non-hydrogen) atoms. The second-order valence-electron chi connectivity index (χ2n) is 4.82. The van der Waals surface area contributed by atoms with Gasteiger partial charge in [0.1, 0.15) is 10.7 Å². The molecule has 1 aromatic carbocycles. The molecule has 3 nitrogen and oxygen atoms in total. The third-order valence-electron chi connectivity index (χ3n) is 3.28. The lowest BCUT2D eigenvalue weighted by Gasteiger charge is -2.06. The van der Waals surface area contributed by atoms with Crippen LogP contribution >= 0.6 is 11.8 Å². The summed E-state index contributed by atoms with van der Waals surface area (Å²) in [6.45, 7) is 4.17. The fraction of sp³-hybridized carbons (Fsp3) is 0.188. The lowest BCUT2D eigenvalue weighted by molar-refractivity contribution is 0.272. The number of aliphatic hydroxyl groups excluding tert-OH is 1. The highest BCUT2D eigenvalue weighted by molar-refractivity contribution is 7.99. The van der Waals surface area contributed by atoms with E-state index in [4.69, 9.17) is 0 Å². The molecule has 2 heterocycles. The van der Waals surface area contributed by atoms with Crippen LogP contribution in [0.1, 0.15) is 16.8 Å². The Morgan fingerprint density at radius 3 is 2.80 bits per heavy atom. The van der Waals surface area contributed by atoms with Gasteiger partial charge in [0.2, 0.25) is 0 Å². The van der Waals surface area contributed by atoms with Gasteiger partial charge in [-0.15, -0.1) is 0 Å². The van der Waals surface area contributed by atoms with E-state index < -0.39 is 0 Å². The first-order valence-electron chi connectivity index (χ1n) is 6.51. The normalized spacial score (nSPS) is 11.2. The van der Waals surface area contributed by atoms with Crippen molar-refractivity contribution < 1.29 is 5.11 Å². The average molecular weight is 284 g/mol. The first kappa shape index (κ1) is 13.2. The van der Waals surface area contributed by atoms with E-state index in [1.54, 1.807) is 11.8 Å². The number of fused-ring (bicyclic) bond motifs is 1. The molecule has 3 aromatic rings. The van der Waals surface area contributed by atoms with Crippen molar-refractivity contribution in [1.29, 1.82) is 0 Å². The third-order valence-corrected chi connectivity index (χ3v) is 4.48. The van der Waals surface area contributed by atoms with Crippen molar-refractivity contribution in [3.05, 3.63) is 59.4 Å². The van der Waals surface area contributed by atoms with Gasteiger partial charge in [0.05, 0.1) is 12.3 Å². The van der Waals surface area contributed by atoms with Crippen LogP contribution in [0.25, 0.3) is 5.65 Å². The van der Waals surface area contributed by atoms with E-state index in [9.17, 15) is 5.11 Å². The van der Waals surface area contributed by atoms with Gasteiger partial charge < -0.3 is 9.51 Å². The maximum atomic E-state index is 9.62. The standard InChI is InChI=1S/C16H16N2OS/c1-11-6-7-14(12(2)9-11)20-16-13(10-19)18-8-4-3-5-15(18)17-16/h3-9,19H,10H2,1-2H3. The monoisotopic (exact) mass is 284 g/mol. The molecule has 0 atom stereocenters. The van der Waals surface area contributed by atoms with Gasteiger partial charge in [0.25, 0.3) is 0 Å². The minimum Gasteiger partial charge on any atom is -0.390 e. The van der Waals surface area contributed by atoms with E-state index in [1.165, 1.54) is 16.0 Å². The lowest BCUT2D eigenvalue weighted by atomic mass is 10.2. The van der Waals surface area contributed by atoms with Crippen LogP contribution in [0.4, 0.5) is 0 Å². The van der Waals surface area contributed by atoms with Crippen molar-refractivity contribution in [3.8, 4) is 0 Å². The Morgan fingerprint density at radius 2 is 2.05 bits per heavy atom. The second-order valence-corrected chi connectivity index (χ2v) is 5.85. The molecule has 0 fully saturated rings. The fourth-order valence-electron chi connectivity index (χ4n) is 2.27. The molecule has 0 unspecified atom stereocenters. The number of nitrogens with zero attached hydrogens (tertiary/aromatic N) is 2. The minimum absolute atomic E-state index is 0.0155. The van der Waals surface area contributed by atoms with Gasteiger partial charge in [-0.1, -0.05) is 35.5 Å². The Bertz CT molecular complexity index is 764. The third kappa shape index (κ3) is 2.32. The van der Waals surface area contributed by atoms with Gasteiger partial charge in [0, 0.05) is 11.1 Å². The SMILES string of the molecule is Cc1ccc(Sc2nc3ccccn3c2CO)c(C)c1. The van der Waals surface area contributed by atoms with Crippen LogP contribution in [0.15, 0.2) is 52.5 Å². The first-order valence-corrected chi connectivity index (χ1v) is 7.32. The zero-order chi connectivity index (χ0) is 14.1. The molecule has 4 heteroatoms. The number of hydrogen-bond donors (Lipinski definition) is 1. The largest absolute Gasteiger partial charge is 0.390 e. The molecule has 0 aliphatic rings. The van der Waals surface area contributed by atoms with Crippen LogP contribution in [0.2, 0.25) is 0 Å². The maximum absolute atomic E-state index is 9.62. The van der Waals surface area contributed by atoms with Crippen LogP contribution in [-0.4, -0.2) is 14.5 Å². The number of rotatable bonds is 3. The summed E-state index contributed by atoms with van der Waals surface area (Å²) in [5, 5.41) is 10.5. The van der Waals surface area contributed by atoms with Gasteiger partial charge in [-0.3, -0.25) is 0 Å². The number of imidazole rings is 1. The molecule has 0 spiro atoms. The summed E-state index contributed by atoms with van der Waals surface area (Å²) >= 11 is 1.61. The van der Waals surface area contributed by atoms with Crippen molar-refractivity contribution >= 4 is 17.4 Å². The van der Waals surface area contributed by atoms with Gasteiger partial charge >= 0.3 is 0 Å². The molecule has 3 rings (SSSR count). The highest BCUT2D eigenvalue weighted by Gasteiger charge is 2.13. The van der Waals surface area contributed by atoms with E-state index in [0.717, 1.165) is 16.4 Å². The van der Waals surface area contributed by atoms with Gasteiger partial charge in [0.15, 0.2) is 0 Å². The van der Waals surface area contributed by atoms with Crippen molar-refractivity contribution in [2.45, 2.75) is 30.4 Å². The Hall–Kier alpha value is -1.78. The van der Waals surface area contributed by atoms with Crippen molar-refractivity contribution in [2.75, 3.05) is 0 Å². The summed E-state index contributed by atoms with van der Waals surface area (Å²) in [7, 11) is 0. The number of pyridine rings is 1. The fourth-order valence-corrected chi connectivity index (χ4v) is 3.25. The maximum Gasteiger partial charge on any atom is 0.138 e. The van der Waals surface area contributed by atoms with Gasteiger partial charge in [-0.05, 0) is 37.6 Å². The number of hydrogen-bond acceptors (Lipinski definition) is 3. The van der Waals surface area contributed by atoms with Crippen LogP contribution in [0.3, 0.4) is 0 Å². The number of aromatic nitrogens is 2. The summed E-state index contributed by atoms with van der Waals surface area (Å²) in [5.74, 6) is 0. The van der Waals surface area contributed by atoms with Crippen LogP contribution in [0, 0.1) is 13.8 Å². The molecule has 0 radical (unpaired) electrons. The Balaban J connectivity index is 2.06. The average Bonchev–Trinajstić information content (AvgIpc) is 2.79. The van der Waals surface area contributed by atoms with Gasteiger partial charge in [-0.25, -0.2) is 4.98 Å². The molecule has 1 N–H and O–H groups in total. The molecule has 0 aliphatic carbocycles. The minimum atomic E-state index is -0.0155. The quantitative estimate of drug-likeness (QED) is 0.798. The highest BCUT2D eigenvalue weighted by atomic mass is 32.2. The summed E-state index contributed by atoms with van der Waals surface area (Å²) in [6, 6.07) is 12.2. The van der Waals surface area contributed by atoms with Crippen molar-refractivity contribution in [2.24, 2.45) is 0 Å². The Labute approximate surface area is 122 Å². The molecular formula is C16H16N2OS. The van der Waals surface area contributed by atoms with E-state index in [2.05, 4.69) is 37.0 Å². The number of benzene rings is 1. The lowest BCUT2D eigenvalue weighted by Crippen LogP contribution is -1.93. The molecule has 102 valence electrons. The number of aliphatic hydroxyl groups is 1. The predicted molar refractivity (Wildman–Crippen MR) is 81.2 cm³/mol. The van der Waals surface area contributed by atoms with Gasteiger partial charge in [-0.2, -0.15) is 0 Å². The molecule has 0 saturated carbocycles. The molecular weight excluding hydrogens is 268 g/mol. The highest BCUT2D eigenvalue weighted by Crippen LogP contribution is 2.33. The zero-order valence-corrected chi connectivity index (χ0v) is 12.3. The summed E-state index contributed by atoms with van der Waals surface area (Å²) in [6.07, 6.45) is 1.93. The summed E-state index contributed by atoms with van der Waals surface area (Å²) in [5.41, 5.74) is 4.19. The van der Waals surface area contributed by atoms with Crippen molar-refractivity contribution in [1.82, 2.24) is 9.38 Å². The van der Waals surface area contributed by atoms with E-state index in [0.29, 0.717) is 0 Å². The van der Waals surface area contributed by atoms with Crippen LogP contribution in [0.5, 0.6) is 0 Å². The van der Waals surface area contributed by atoms with Crippen LogP contribution < -0.4 is 0 Å². The molecule has 2 aromatic heterocycles. The topological polar surface area (TPSA) is 37.5 Å². The van der Waals surface area contributed by atoms with E-state index >= 15 is 0 Å². The Morgan fingerprint density at radius 1 is 1.20 bits per heavy atom. The van der Waals surface area contributed by atoms with Crippen LogP contribution in [-0.2, 0) is 6.61 Å². The summed E-state index contributed by atoms with van der Waals surface area (Å²) < 4.78 is 1.94. The molecule has 0 amide bonds. The second kappa shape index (κ2) is 5.31. The molecule has 0 bridgehead atoms. The summed E-state index contributed by atoms with van der Waals surface area (Å²) in [4.78, 5) is 5.78. The zero-order valence-electron chi connectivity index (χ0n) is 11.5. The smallest absolute Gasteiger partial charge is 0.138 e. The van der Waals surface area contributed by atoms with E-state index in [-0.39, 0.29) is 6.61 Å². The molecule has 0 saturated heterocycles. The van der Waals surface area contributed by atoms with E-state index in [1.807, 2.05) is 28.8 Å². The Kier molecular flexibility index (Phi) is 3.51. The first-order chi connectivity index (χ1) is 9.69. The predicted octanol–water partition coefficient (Wildman–Crippen LogP) is 3.59. The number of aryl methyl sites for hydroxylation is 2. The molecule has 0 aliphatic heterocycles. The van der Waals surface area contributed by atoms with Crippen molar-refractivity contribution in [3.63, 3.8) is 0 Å².